The maximum absolute atomic E-state index is 13.3. The van der Waals surface area contributed by atoms with Gasteiger partial charge in [-0.15, -0.1) is 0 Å². The number of likely N-dealkylation sites (N-methyl/N-ethyl adjacent to an activating group) is 1. The van der Waals surface area contributed by atoms with Crippen LogP contribution in [0.3, 0.4) is 0 Å². The predicted molar refractivity (Wildman–Crippen MR) is 579 cm³/mol. The second kappa shape index (κ2) is 47.8. The number of nitrogens with one attached hydrogen (secondary N) is 2. The molecule has 0 fully saturated rings. The van der Waals surface area contributed by atoms with Crippen molar-refractivity contribution in [2.75, 3.05) is 50.6 Å². The SMILES string of the molecule is C=CC(=O)N1CCCc2cc(C(=O)Cc3ccc(C)c(Cc4nccc(-c5cccnc5)n4)c3)ccc21.C=CC(=O)N1CCc2cc(C(=O)Cc3ccc(C)c(Cc4nccc(-c5cccnc5)n4)c3)ccc21.C=CC(=O)NC1CN(C)Cc2cc(C(=O)Cc3ccc(C)c(Cc4nccc(-c5cccnc5)n4)c3)ccc21.Cc1ccc(CC(=O)c2ccc3c(CN(C)C)c[nH]c3c2)cc1Cc1nccc(-c2cccnc2)n1. The maximum atomic E-state index is 13.3. The molecule has 25 nitrogen and oxygen atoms in total. The van der Waals surface area contributed by atoms with E-state index in [0.717, 1.165) is 218 Å². The standard InChI is InChI=1S/C32H31N5O2.C31H28N4O2.C30H29N5O.C30H26N4O2/c1-4-32(39)36-29-20-37(3)19-26-16-23(9-10-27(26)29)30(38)15-22-8-7-21(2)25(14-22)17-31-34-13-11-28(35-31)24-6-5-12-33-18-24;1-3-31(37)35-15-5-7-23-18-24(10-11-28(23)35)29(36)17-22-9-8-21(2)26(16-22)19-30-33-14-12-27(34-30)25-6-4-13-32-20-25;1-20-6-7-21(13-24(20)16-30-32-12-10-27(34-30)23-5-4-11-31-17-23)14-29(36)22-8-9-26-25(19-35(2)3)18-33-28(26)15-22;1-3-30(36)34-14-11-22-17-23(8-9-27(22)34)28(35)16-21-7-6-20(2)25(15-21)18-29-32-13-10-26(33-29)24-5-4-12-31-19-24/h4-14,16,18,29H,1,15,17,19-20H2,2-3H3,(H,36,39);3-4,6,8-14,16,18,20H,1,5,7,15,17,19H2,2H3;4-13,15,17-18,33H,14,16,19H2,1-3H3;3-10,12-13,15,17,19H,1,11,14,16,18H2,2H3. The Morgan fingerprint density at radius 2 is 0.764 bits per heavy atom. The summed E-state index contributed by atoms with van der Waals surface area (Å²) in [6.07, 6.45) is 33.3. The number of pyridine rings is 4. The molecule has 20 rings (SSSR count). The number of benzene rings is 8. The zero-order chi connectivity index (χ0) is 103. The smallest absolute Gasteiger partial charge is 0.250 e. The van der Waals surface area contributed by atoms with Crippen molar-refractivity contribution in [2.45, 2.75) is 117 Å². The lowest BCUT2D eigenvalue weighted by Gasteiger charge is -2.32. The summed E-state index contributed by atoms with van der Waals surface area (Å²) in [6.45, 7) is 22.6. The van der Waals surface area contributed by atoms with Gasteiger partial charge in [0.15, 0.2) is 23.1 Å². The zero-order valence-corrected chi connectivity index (χ0v) is 84.0. The number of hydrogen-bond donors (Lipinski definition) is 2. The van der Waals surface area contributed by atoms with Crippen molar-refractivity contribution in [3.05, 3.63) is 477 Å². The highest BCUT2D eigenvalue weighted by molar-refractivity contribution is 6.06. The van der Waals surface area contributed by atoms with Crippen LogP contribution in [-0.2, 0) is 91.7 Å². The van der Waals surface area contributed by atoms with Gasteiger partial charge in [0.05, 0.1) is 28.8 Å². The van der Waals surface area contributed by atoms with Gasteiger partial charge in [0.1, 0.15) is 23.3 Å². The second-order valence-electron chi connectivity index (χ2n) is 37.7. The molecule has 2 N–H and O–H groups in total. The predicted octanol–water partition coefficient (Wildman–Crippen LogP) is 20.3. The van der Waals surface area contributed by atoms with Gasteiger partial charge >= 0.3 is 0 Å². The number of amides is 3. The molecular formula is C123H114N18O7. The molecule has 9 aromatic heterocycles. The molecule has 0 saturated carbocycles. The maximum Gasteiger partial charge on any atom is 0.250 e. The number of rotatable bonds is 30. The summed E-state index contributed by atoms with van der Waals surface area (Å²) in [5.41, 5.74) is 30.8. The van der Waals surface area contributed by atoms with E-state index in [0.29, 0.717) is 87.7 Å². The third-order valence-corrected chi connectivity index (χ3v) is 26.7. The van der Waals surface area contributed by atoms with E-state index in [1.54, 1.807) is 84.2 Å². The van der Waals surface area contributed by atoms with E-state index in [1.807, 2.05) is 189 Å². The van der Waals surface area contributed by atoms with Crippen LogP contribution in [0.25, 0.3) is 55.9 Å². The first-order valence-electron chi connectivity index (χ1n) is 49.4. The van der Waals surface area contributed by atoms with Crippen molar-refractivity contribution < 1.29 is 33.6 Å². The monoisotopic (exact) mass is 1950 g/mol. The van der Waals surface area contributed by atoms with Crippen LogP contribution in [0, 0.1) is 27.7 Å². The Hall–Kier alpha value is -17.6. The van der Waals surface area contributed by atoms with E-state index in [2.05, 4.69) is 164 Å². The number of Topliss-reactive ketones (excluding diaryl/α,β-unsaturated/α-hetero) is 4. The molecule has 12 heterocycles. The summed E-state index contributed by atoms with van der Waals surface area (Å²) >= 11 is 0. The molecule has 0 saturated heterocycles. The van der Waals surface area contributed by atoms with Crippen molar-refractivity contribution in [2.24, 2.45) is 0 Å². The number of aromatic amines is 1. The highest BCUT2D eigenvalue weighted by atomic mass is 16.2. The Morgan fingerprint density at radius 3 is 1.14 bits per heavy atom. The van der Waals surface area contributed by atoms with Crippen LogP contribution in [0.2, 0.25) is 0 Å². The molecule has 0 bridgehead atoms. The van der Waals surface area contributed by atoms with Gasteiger partial charge in [-0.2, -0.15) is 0 Å². The molecule has 25 heteroatoms. The van der Waals surface area contributed by atoms with Gasteiger partial charge < -0.3 is 25.0 Å². The lowest BCUT2D eigenvalue weighted by atomic mass is 9.91. The van der Waals surface area contributed by atoms with Crippen LogP contribution in [0.15, 0.2) is 337 Å². The summed E-state index contributed by atoms with van der Waals surface area (Å²) in [6, 6.07) is 70.5. The van der Waals surface area contributed by atoms with Crippen LogP contribution in [-0.4, -0.2) is 156 Å². The number of carbonyl (C=O) groups excluding carboxylic acids is 7. The van der Waals surface area contributed by atoms with Crippen LogP contribution >= 0.6 is 0 Å². The summed E-state index contributed by atoms with van der Waals surface area (Å²) < 4.78 is 0. The molecule has 17 aromatic rings. The molecule has 3 aliphatic heterocycles. The molecule has 1 unspecified atom stereocenters. The number of H-pyrrole nitrogens is 1. The van der Waals surface area contributed by atoms with Crippen molar-refractivity contribution in [1.29, 1.82) is 0 Å². The van der Waals surface area contributed by atoms with Crippen molar-refractivity contribution in [3.63, 3.8) is 0 Å². The Kier molecular flexibility index (Phi) is 32.9. The zero-order valence-electron chi connectivity index (χ0n) is 84.0. The molecule has 3 amide bonds. The topological polar surface area (TPSA) is 315 Å². The Bertz CT molecular complexity index is 7830. The minimum Gasteiger partial charge on any atom is -0.361 e. The first-order chi connectivity index (χ1) is 71.9. The van der Waals surface area contributed by atoms with Gasteiger partial charge in [-0.05, 0) is 302 Å². The molecule has 148 heavy (non-hydrogen) atoms. The molecule has 8 aromatic carbocycles. The van der Waals surface area contributed by atoms with E-state index in [-0.39, 0.29) is 46.9 Å². The molecule has 0 spiro atoms. The fourth-order valence-corrected chi connectivity index (χ4v) is 18.8. The van der Waals surface area contributed by atoms with Crippen LogP contribution in [0.4, 0.5) is 11.4 Å². The van der Waals surface area contributed by atoms with Crippen LogP contribution < -0.4 is 15.1 Å². The van der Waals surface area contributed by atoms with Gasteiger partial charge in [0, 0.05) is 231 Å². The first-order valence-corrected chi connectivity index (χ1v) is 49.4. The fraction of sp³-hybridized carbons (Fsp3) is 0.195. The number of ketones is 4. The largest absolute Gasteiger partial charge is 0.361 e. The number of anilines is 2. The van der Waals surface area contributed by atoms with E-state index < -0.39 is 0 Å². The third kappa shape index (κ3) is 25.8. The summed E-state index contributed by atoms with van der Waals surface area (Å²) in [4.78, 5) is 154. The molecule has 3 aliphatic rings. The summed E-state index contributed by atoms with van der Waals surface area (Å²) in [7, 11) is 6.11. The number of fused-ring (bicyclic) bond motifs is 4. The summed E-state index contributed by atoms with van der Waals surface area (Å²) in [5.74, 6) is 2.75. The minimum absolute atomic E-state index is 0.0518. The van der Waals surface area contributed by atoms with Crippen LogP contribution in [0.1, 0.15) is 172 Å². The Morgan fingerprint density at radius 1 is 0.399 bits per heavy atom. The first kappa shape index (κ1) is 102. The van der Waals surface area contributed by atoms with Gasteiger partial charge in [0.2, 0.25) is 17.7 Å². The second-order valence-corrected chi connectivity index (χ2v) is 37.7. The van der Waals surface area contributed by atoms with Gasteiger partial charge in [-0.1, -0.05) is 117 Å². The average molecular weight is 1960 g/mol. The van der Waals surface area contributed by atoms with Gasteiger partial charge in [-0.3, -0.25) is 58.4 Å². The fourth-order valence-electron chi connectivity index (χ4n) is 18.8. The third-order valence-electron chi connectivity index (χ3n) is 26.7. The number of aryl methyl sites for hydroxylation is 5. The molecule has 1 atom stereocenters. The highest BCUT2D eigenvalue weighted by Crippen LogP contribution is 2.35. The van der Waals surface area contributed by atoms with Gasteiger partial charge in [0.25, 0.3) is 0 Å². The molecule has 738 valence electrons. The van der Waals surface area contributed by atoms with Crippen molar-refractivity contribution >= 4 is 63.1 Å². The van der Waals surface area contributed by atoms with E-state index in [4.69, 9.17) is 19.9 Å². The number of aromatic nitrogens is 13. The van der Waals surface area contributed by atoms with Crippen LogP contribution in [0.5, 0.6) is 0 Å². The van der Waals surface area contributed by atoms with Crippen molar-refractivity contribution in [3.8, 4) is 45.0 Å². The molecular weight excluding hydrogens is 1840 g/mol. The van der Waals surface area contributed by atoms with E-state index in [1.165, 1.54) is 23.8 Å². The van der Waals surface area contributed by atoms with E-state index in [9.17, 15) is 33.6 Å². The normalized spacial score (nSPS) is 12.8. The number of carbonyl (C=O) groups is 7. The number of hydrogen-bond acceptors (Lipinski definition) is 21. The quantitative estimate of drug-likeness (QED) is 0.0312. The lowest BCUT2D eigenvalue weighted by molar-refractivity contribution is -0.117. The van der Waals surface area contributed by atoms with E-state index >= 15 is 0 Å². The Balaban J connectivity index is 0.000000135. The highest BCUT2D eigenvalue weighted by Gasteiger charge is 2.29. The minimum atomic E-state index is -0.203. The molecule has 0 radical (unpaired) electrons. The summed E-state index contributed by atoms with van der Waals surface area (Å²) in [5, 5.41) is 4.15. The molecule has 0 aliphatic carbocycles. The van der Waals surface area contributed by atoms with Crippen molar-refractivity contribution in [1.82, 2.24) is 79.9 Å². The Labute approximate surface area is 861 Å². The number of nitrogens with zero attached hydrogens (tertiary/aromatic N) is 16. The lowest BCUT2D eigenvalue weighted by Crippen LogP contribution is -2.39. The van der Waals surface area contributed by atoms with Gasteiger partial charge in [-0.25, -0.2) is 39.9 Å². The average Bonchev–Trinajstić information content (AvgIpc) is 1.76.